The van der Waals surface area contributed by atoms with Crippen molar-refractivity contribution in [1.29, 1.82) is 0 Å². The van der Waals surface area contributed by atoms with Gasteiger partial charge in [0.05, 0.1) is 16.8 Å². The van der Waals surface area contributed by atoms with Crippen LogP contribution in [-0.2, 0) is 6.42 Å². The molecule has 1 aliphatic heterocycles. The third-order valence-corrected chi connectivity index (χ3v) is 4.92. The van der Waals surface area contributed by atoms with Crippen molar-refractivity contribution in [3.8, 4) is 0 Å². The maximum absolute atomic E-state index is 12.7. The third-order valence-electron chi connectivity index (χ3n) is 4.92. The number of nitrogens with one attached hydrogen (secondary N) is 1. The number of aliphatic imine (C=N–C) groups is 1. The second-order valence-corrected chi connectivity index (χ2v) is 7.60. The Morgan fingerprint density at radius 1 is 1.08 bits per heavy atom. The van der Waals surface area contributed by atoms with E-state index < -0.39 is 0 Å². The Labute approximate surface area is 147 Å². The molecular formula is C22H22N2O. The molecule has 2 heterocycles. The van der Waals surface area contributed by atoms with Crippen LogP contribution in [-0.4, -0.2) is 16.2 Å². The van der Waals surface area contributed by atoms with Crippen molar-refractivity contribution >= 4 is 16.5 Å². The Morgan fingerprint density at radius 2 is 1.84 bits per heavy atom. The van der Waals surface area contributed by atoms with Crippen LogP contribution in [0.3, 0.4) is 0 Å². The molecule has 3 nitrogen and oxygen atoms in total. The van der Waals surface area contributed by atoms with Gasteiger partial charge in [-0.05, 0) is 62.1 Å². The van der Waals surface area contributed by atoms with Crippen LogP contribution in [0, 0.1) is 13.8 Å². The minimum atomic E-state index is -0.240. The van der Waals surface area contributed by atoms with Crippen LogP contribution in [0.1, 0.15) is 41.8 Å². The van der Waals surface area contributed by atoms with Crippen molar-refractivity contribution in [2.24, 2.45) is 4.99 Å². The summed E-state index contributed by atoms with van der Waals surface area (Å²) in [4.78, 5) is 20.6. The highest BCUT2D eigenvalue weighted by atomic mass is 16.1. The first-order valence-electron chi connectivity index (χ1n) is 8.67. The number of aromatic amines is 1. The molecule has 0 unspecified atom stereocenters. The van der Waals surface area contributed by atoms with E-state index in [1.165, 1.54) is 16.3 Å². The summed E-state index contributed by atoms with van der Waals surface area (Å²) in [6, 6.07) is 14.7. The first-order valence-corrected chi connectivity index (χ1v) is 8.67. The predicted molar refractivity (Wildman–Crippen MR) is 104 cm³/mol. The Kier molecular flexibility index (Phi) is 3.43. The van der Waals surface area contributed by atoms with Crippen LogP contribution in [0.15, 0.2) is 52.3 Å². The van der Waals surface area contributed by atoms with Crippen LogP contribution >= 0.6 is 0 Å². The molecule has 0 bridgehead atoms. The van der Waals surface area contributed by atoms with Crippen molar-refractivity contribution in [2.75, 3.05) is 0 Å². The van der Waals surface area contributed by atoms with Gasteiger partial charge in [-0.15, -0.1) is 0 Å². The van der Waals surface area contributed by atoms with E-state index in [2.05, 4.69) is 55.2 Å². The second kappa shape index (κ2) is 5.41. The topological polar surface area (TPSA) is 45.2 Å². The van der Waals surface area contributed by atoms with Gasteiger partial charge in [0.15, 0.2) is 0 Å². The van der Waals surface area contributed by atoms with Crippen molar-refractivity contribution in [2.45, 2.75) is 39.7 Å². The molecule has 0 radical (unpaired) electrons. The highest BCUT2D eigenvalue weighted by Crippen LogP contribution is 2.34. The molecule has 0 atom stereocenters. The highest BCUT2D eigenvalue weighted by molar-refractivity contribution is 6.17. The molecule has 0 fully saturated rings. The van der Waals surface area contributed by atoms with Gasteiger partial charge in [0.25, 0.3) is 5.56 Å². The number of hydrogen-bond acceptors (Lipinski definition) is 2. The van der Waals surface area contributed by atoms with Gasteiger partial charge >= 0.3 is 0 Å². The molecule has 1 aliphatic rings. The number of rotatable bonds is 1. The second-order valence-electron chi connectivity index (χ2n) is 7.60. The fraction of sp³-hybridized carbons (Fsp3) is 0.273. The quantitative estimate of drug-likeness (QED) is 0.710. The van der Waals surface area contributed by atoms with Gasteiger partial charge in [-0.2, -0.15) is 0 Å². The molecule has 2 aromatic carbocycles. The predicted octanol–water partition coefficient (Wildman–Crippen LogP) is 4.32. The summed E-state index contributed by atoms with van der Waals surface area (Å²) in [5.41, 5.74) is 5.41. The standard InChI is InChI=1S/C22H22N2O/c1-13-11-14(2)23-21(25)19(13)20-17-10-9-15-7-5-6-8-16(15)18(17)12-22(3,4)24-20/h5-11H,12H2,1-4H3,(H,23,25). The van der Waals surface area contributed by atoms with Gasteiger partial charge in [0.1, 0.15) is 0 Å². The minimum absolute atomic E-state index is 0.0620. The molecule has 0 saturated carbocycles. The molecule has 0 aliphatic carbocycles. The van der Waals surface area contributed by atoms with E-state index in [-0.39, 0.29) is 11.1 Å². The van der Waals surface area contributed by atoms with E-state index in [1.807, 2.05) is 19.9 Å². The first-order chi connectivity index (χ1) is 11.9. The lowest BCUT2D eigenvalue weighted by Gasteiger charge is -2.30. The van der Waals surface area contributed by atoms with Crippen LogP contribution in [0.2, 0.25) is 0 Å². The maximum Gasteiger partial charge on any atom is 0.257 e. The zero-order valence-corrected chi connectivity index (χ0v) is 15.1. The number of pyridine rings is 1. The maximum atomic E-state index is 12.7. The summed E-state index contributed by atoms with van der Waals surface area (Å²) in [7, 11) is 0. The third kappa shape index (κ3) is 2.60. The molecule has 3 aromatic rings. The molecule has 3 heteroatoms. The summed E-state index contributed by atoms with van der Waals surface area (Å²) in [5.74, 6) is 0. The zero-order valence-electron chi connectivity index (χ0n) is 15.1. The fourth-order valence-electron chi connectivity index (χ4n) is 3.92. The molecule has 0 saturated heterocycles. The zero-order chi connectivity index (χ0) is 17.8. The van der Waals surface area contributed by atoms with Crippen LogP contribution in [0.5, 0.6) is 0 Å². The van der Waals surface area contributed by atoms with Crippen LogP contribution in [0.4, 0.5) is 0 Å². The number of hydrogen-bond donors (Lipinski definition) is 1. The van der Waals surface area contributed by atoms with E-state index in [9.17, 15) is 4.79 Å². The summed E-state index contributed by atoms with van der Waals surface area (Å²) in [6.07, 6.45) is 0.871. The van der Waals surface area contributed by atoms with E-state index >= 15 is 0 Å². The number of aryl methyl sites for hydroxylation is 2. The van der Waals surface area contributed by atoms with Crippen molar-refractivity contribution in [3.05, 3.63) is 80.8 Å². The SMILES string of the molecule is Cc1cc(C)c(C2=NC(C)(C)Cc3c2ccc2ccccc32)c(=O)[nH]1. The lowest BCUT2D eigenvalue weighted by atomic mass is 9.82. The Morgan fingerprint density at radius 3 is 2.60 bits per heavy atom. The number of nitrogens with zero attached hydrogens (tertiary/aromatic N) is 1. The number of benzene rings is 2. The van der Waals surface area contributed by atoms with Crippen molar-refractivity contribution < 1.29 is 0 Å². The molecule has 0 amide bonds. The summed E-state index contributed by atoms with van der Waals surface area (Å²) in [5, 5.41) is 2.48. The van der Waals surface area contributed by atoms with E-state index in [1.54, 1.807) is 0 Å². The Hall–Kier alpha value is -2.68. The van der Waals surface area contributed by atoms with Gasteiger partial charge in [0.2, 0.25) is 0 Å². The van der Waals surface area contributed by atoms with E-state index in [4.69, 9.17) is 4.99 Å². The normalized spacial score (nSPS) is 15.8. The van der Waals surface area contributed by atoms with E-state index in [0.717, 1.165) is 29.0 Å². The van der Waals surface area contributed by atoms with Crippen molar-refractivity contribution in [3.63, 3.8) is 0 Å². The molecule has 1 aromatic heterocycles. The fourth-order valence-corrected chi connectivity index (χ4v) is 3.92. The van der Waals surface area contributed by atoms with Gasteiger partial charge in [-0.1, -0.05) is 36.4 Å². The monoisotopic (exact) mass is 330 g/mol. The average molecular weight is 330 g/mol. The number of H-pyrrole nitrogens is 1. The Balaban J connectivity index is 2.07. The molecule has 25 heavy (non-hydrogen) atoms. The molecule has 0 spiro atoms. The van der Waals surface area contributed by atoms with E-state index in [0.29, 0.717) is 5.56 Å². The van der Waals surface area contributed by atoms with Crippen LogP contribution < -0.4 is 5.56 Å². The van der Waals surface area contributed by atoms with Gasteiger partial charge < -0.3 is 4.98 Å². The number of fused-ring (bicyclic) bond motifs is 3. The largest absolute Gasteiger partial charge is 0.326 e. The smallest absolute Gasteiger partial charge is 0.257 e. The minimum Gasteiger partial charge on any atom is -0.326 e. The van der Waals surface area contributed by atoms with Gasteiger partial charge in [0, 0.05) is 11.3 Å². The number of aromatic nitrogens is 1. The van der Waals surface area contributed by atoms with Crippen molar-refractivity contribution in [1.82, 2.24) is 4.98 Å². The highest BCUT2D eigenvalue weighted by Gasteiger charge is 2.30. The summed E-state index contributed by atoms with van der Waals surface area (Å²) in [6.45, 7) is 8.17. The average Bonchev–Trinajstić information content (AvgIpc) is 2.52. The summed E-state index contributed by atoms with van der Waals surface area (Å²) < 4.78 is 0. The lowest BCUT2D eigenvalue weighted by Crippen LogP contribution is -2.33. The molecule has 1 N–H and O–H groups in total. The van der Waals surface area contributed by atoms with Gasteiger partial charge in [-0.3, -0.25) is 9.79 Å². The molecule has 126 valence electrons. The summed E-state index contributed by atoms with van der Waals surface area (Å²) >= 11 is 0. The molecular weight excluding hydrogens is 308 g/mol. The molecule has 4 rings (SSSR count). The van der Waals surface area contributed by atoms with Gasteiger partial charge in [-0.25, -0.2) is 0 Å². The van der Waals surface area contributed by atoms with Crippen LogP contribution in [0.25, 0.3) is 10.8 Å². The Bertz CT molecular complexity index is 1090. The lowest BCUT2D eigenvalue weighted by molar-refractivity contribution is 0.515. The first kappa shape index (κ1) is 15.8.